The molecule has 2 aromatic heterocycles. The van der Waals surface area contributed by atoms with E-state index in [-0.39, 0.29) is 36.9 Å². The topological polar surface area (TPSA) is 83.8 Å². The van der Waals surface area contributed by atoms with Crippen LogP contribution in [0.5, 0.6) is 0 Å². The van der Waals surface area contributed by atoms with Crippen LogP contribution in [0.2, 0.25) is 0 Å². The molecule has 1 amide bonds. The van der Waals surface area contributed by atoms with E-state index in [4.69, 9.17) is 9.72 Å². The van der Waals surface area contributed by atoms with Gasteiger partial charge in [0.05, 0.1) is 17.7 Å². The number of ketones is 1. The molecule has 0 bridgehead atoms. The minimum absolute atomic E-state index is 0.0106. The van der Waals surface area contributed by atoms with Crippen molar-refractivity contribution < 1.29 is 14.3 Å². The molecule has 3 aliphatic rings. The highest BCUT2D eigenvalue weighted by atomic mass is 16.5. The van der Waals surface area contributed by atoms with Crippen molar-refractivity contribution in [3.05, 3.63) is 53.3 Å². The Hall–Kier alpha value is -3.30. The molecule has 0 spiro atoms. The zero-order valence-electron chi connectivity index (χ0n) is 24.6. The highest BCUT2D eigenvalue weighted by Gasteiger charge is 2.28. The Kier molecular flexibility index (Phi) is 8.08. The number of rotatable bonds is 7. The fourth-order valence-electron chi connectivity index (χ4n) is 6.75. The van der Waals surface area contributed by atoms with Crippen LogP contribution in [-0.4, -0.2) is 93.8 Å². The average Bonchev–Trinajstić information content (AvgIpc) is 3.63. The van der Waals surface area contributed by atoms with Crippen molar-refractivity contribution in [2.75, 3.05) is 44.2 Å². The molecule has 3 saturated heterocycles. The standard InChI is InChI=1S/C32H42N6O3/c1-22-15-29-26(20-38(34-29)21-32(40)36-13-9-27(10-14-36)35-11-4-5-12-35)16-25(22)17-30(39)28-7-6-8-31(33-28)37-18-23(2)41-24(3)19-37/h6-8,15-16,20,23-24,27H,4-5,9-14,17-19,21H2,1-3H3/t23-,24+. The summed E-state index contributed by atoms with van der Waals surface area (Å²) in [6, 6.07) is 10.3. The molecule has 6 rings (SSSR count). The van der Waals surface area contributed by atoms with Gasteiger partial charge >= 0.3 is 0 Å². The molecule has 0 N–H and O–H groups in total. The minimum Gasteiger partial charge on any atom is -0.372 e. The molecule has 0 aliphatic carbocycles. The molecule has 0 saturated carbocycles. The molecule has 3 aliphatic heterocycles. The van der Waals surface area contributed by atoms with Crippen LogP contribution in [0.25, 0.3) is 10.9 Å². The second kappa shape index (κ2) is 11.9. The Morgan fingerprint density at radius 2 is 1.73 bits per heavy atom. The summed E-state index contributed by atoms with van der Waals surface area (Å²) in [6.45, 7) is 12.0. The summed E-state index contributed by atoms with van der Waals surface area (Å²) in [7, 11) is 0. The molecule has 41 heavy (non-hydrogen) atoms. The maximum atomic E-state index is 13.3. The first-order valence-corrected chi connectivity index (χ1v) is 15.2. The lowest BCUT2D eigenvalue weighted by atomic mass is 10.00. The first kappa shape index (κ1) is 27.8. The number of anilines is 1. The van der Waals surface area contributed by atoms with Gasteiger partial charge in [-0.15, -0.1) is 0 Å². The number of fused-ring (bicyclic) bond motifs is 1. The van der Waals surface area contributed by atoms with Gasteiger partial charge in [-0.2, -0.15) is 5.10 Å². The van der Waals surface area contributed by atoms with Crippen molar-refractivity contribution >= 4 is 28.4 Å². The lowest BCUT2D eigenvalue weighted by Crippen LogP contribution is -2.46. The Bertz CT molecular complexity index is 1400. The number of carbonyl (C=O) groups excluding carboxylic acids is 2. The number of morpholine rings is 1. The van der Waals surface area contributed by atoms with Gasteiger partial charge in [-0.25, -0.2) is 4.98 Å². The third-order valence-corrected chi connectivity index (χ3v) is 8.90. The highest BCUT2D eigenvalue weighted by molar-refractivity contribution is 5.97. The van der Waals surface area contributed by atoms with E-state index in [2.05, 4.69) is 28.7 Å². The van der Waals surface area contributed by atoms with Crippen LogP contribution in [0, 0.1) is 6.92 Å². The quantitative estimate of drug-likeness (QED) is 0.407. The number of aryl methyl sites for hydroxylation is 1. The third-order valence-electron chi connectivity index (χ3n) is 8.90. The Labute approximate surface area is 242 Å². The zero-order valence-corrected chi connectivity index (χ0v) is 24.6. The summed E-state index contributed by atoms with van der Waals surface area (Å²) in [5.41, 5.74) is 3.29. The van der Waals surface area contributed by atoms with Gasteiger partial charge in [0.15, 0.2) is 5.78 Å². The number of aromatic nitrogens is 3. The average molecular weight is 559 g/mol. The number of piperidine rings is 1. The molecule has 0 radical (unpaired) electrons. The summed E-state index contributed by atoms with van der Waals surface area (Å²) in [4.78, 5) is 37.9. The molecular formula is C32H42N6O3. The van der Waals surface area contributed by atoms with Crippen LogP contribution in [0.4, 0.5) is 5.82 Å². The SMILES string of the molecule is Cc1cc2nn(CC(=O)N3CCC(N4CCCC4)CC3)cc2cc1CC(=O)c1cccc(N2C[C@@H](C)O[C@@H](C)C2)n1. The minimum atomic E-state index is -0.0106. The third kappa shape index (κ3) is 6.31. The molecule has 1 aromatic carbocycles. The predicted molar refractivity (Wildman–Crippen MR) is 159 cm³/mol. The number of ether oxygens (including phenoxy) is 1. The van der Waals surface area contributed by atoms with E-state index in [1.54, 1.807) is 10.7 Å². The lowest BCUT2D eigenvalue weighted by molar-refractivity contribution is -0.133. The normalized spacial score (nSPS) is 22.5. The number of carbonyl (C=O) groups is 2. The van der Waals surface area contributed by atoms with Crippen molar-refractivity contribution in [3.8, 4) is 0 Å². The number of amides is 1. The molecule has 3 aromatic rings. The molecule has 9 nitrogen and oxygen atoms in total. The van der Waals surface area contributed by atoms with E-state index < -0.39 is 0 Å². The van der Waals surface area contributed by atoms with Crippen LogP contribution in [-0.2, 0) is 22.5 Å². The largest absolute Gasteiger partial charge is 0.372 e. The molecule has 0 unspecified atom stereocenters. The zero-order chi connectivity index (χ0) is 28.5. The molecule has 3 fully saturated rings. The summed E-state index contributed by atoms with van der Waals surface area (Å²) in [6.07, 6.45) is 7.17. The predicted octanol–water partition coefficient (Wildman–Crippen LogP) is 3.87. The van der Waals surface area contributed by atoms with Crippen LogP contribution < -0.4 is 4.90 Å². The van der Waals surface area contributed by atoms with Gasteiger partial charge in [0, 0.05) is 50.2 Å². The monoisotopic (exact) mass is 558 g/mol. The van der Waals surface area contributed by atoms with Crippen LogP contribution >= 0.6 is 0 Å². The van der Waals surface area contributed by atoms with Crippen LogP contribution in [0.1, 0.15) is 61.1 Å². The van der Waals surface area contributed by atoms with Crippen molar-refractivity contribution in [2.24, 2.45) is 0 Å². The number of Topliss-reactive ketones (excluding diaryl/α,β-unsaturated/α-hetero) is 1. The van der Waals surface area contributed by atoms with Crippen molar-refractivity contribution in [2.45, 2.75) is 77.7 Å². The van der Waals surface area contributed by atoms with E-state index in [1.165, 1.54) is 25.9 Å². The maximum Gasteiger partial charge on any atom is 0.244 e. The second-order valence-electron chi connectivity index (χ2n) is 12.2. The van der Waals surface area contributed by atoms with Gasteiger partial charge in [-0.05, 0) is 94.9 Å². The number of pyridine rings is 1. The van der Waals surface area contributed by atoms with Gasteiger partial charge in [0.25, 0.3) is 0 Å². The van der Waals surface area contributed by atoms with E-state index >= 15 is 0 Å². The van der Waals surface area contributed by atoms with E-state index in [1.807, 2.05) is 42.3 Å². The highest BCUT2D eigenvalue weighted by Crippen LogP contribution is 2.24. The second-order valence-corrected chi connectivity index (χ2v) is 12.2. The maximum absolute atomic E-state index is 13.3. The number of hydrogen-bond acceptors (Lipinski definition) is 7. The summed E-state index contributed by atoms with van der Waals surface area (Å²) in [5.74, 6) is 0.930. The molecular weight excluding hydrogens is 516 g/mol. The number of hydrogen-bond donors (Lipinski definition) is 0. The fourth-order valence-corrected chi connectivity index (χ4v) is 6.75. The molecule has 9 heteroatoms. The first-order valence-electron chi connectivity index (χ1n) is 15.2. The number of benzene rings is 1. The van der Waals surface area contributed by atoms with Crippen LogP contribution in [0.3, 0.4) is 0 Å². The summed E-state index contributed by atoms with van der Waals surface area (Å²) < 4.78 is 7.60. The van der Waals surface area contributed by atoms with Gasteiger partial charge in [-0.1, -0.05) is 6.07 Å². The van der Waals surface area contributed by atoms with Crippen molar-refractivity contribution in [1.29, 1.82) is 0 Å². The lowest BCUT2D eigenvalue weighted by Gasteiger charge is -2.36. The van der Waals surface area contributed by atoms with E-state index in [9.17, 15) is 9.59 Å². The summed E-state index contributed by atoms with van der Waals surface area (Å²) in [5, 5.41) is 5.63. The fraction of sp³-hybridized carbons (Fsp3) is 0.562. The van der Waals surface area contributed by atoms with E-state index in [0.29, 0.717) is 11.7 Å². The molecule has 218 valence electrons. The first-order chi connectivity index (χ1) is 19.8. The van der Waals surface area contributed by atoms with Crippen molar-refractivity contribution in [3.63, 3.8) is 0 Å². The van der Waals surface area contributed by atoms with Crippen molar-refractivity contribution in [1.82, 2.24) is 24.6 Å². The Morgan fingerprint density at radius 1 is 1.00 bits per heavy atom. The smallest absolute Gasteiger partial charge is 0.244 e. The van der Waals surface area contributed by atoms with E-state index in [0.717, 1.165) is 66.9 Å². The molecule has 5 heterocycles. The number of nitrogens with zero attached hydrogens (tertiary/aromatic N) is 6. The number of likely N-dealkylation sites (tertiary alicyclic amines) is 2. The summed E-state index contributed by atoms with van der Waals surface area (Å²) >= 11 is 0. The van der Waals surface area contributed by atoms with Crippen LogP contribution in [0.15, 0.2) is 36.5 Å². The van der Waals surface area contributed by atoms with Gasteiger partial charge < -0.3 is 19.4 Å². The van der Waals surface area contributed by atoms with Gasteiger partial charge in [-0.3, -0.25) is 14.3 Å². The van der Waals surface area contributed by atoms with Gasteiger partial charge in [0.1, 0.15) is 18.1 Å². The molecule has 2 atom stereocenters. The Morgan fingerprint density at radius 3 is 2.46 bits per heavy atom. The Balaban J connectivity index is 1.10. The van der Waals surface area contributed by atoms with Gasteiger partial charge in [0.2, 0.25) is 5.91 Å².